The van der Waals surface area contributed by atoms with Gasteiger partial charge in [0, 0.05) is 43.7 Å². The molecule has 0 aliphatic carbocycles. The number of para-hydroxylation sites is 1. The first-order valence-corrected chi connectivity index (χ1v) is 11.6. The molecule has 8 heteroatoms. The molecule has 5 rings (SSSR count). The fraction of sp³-hybridized carbons (Fsp3) is 0.346. The van der Waals surface area contributed by atoms with Crippen molar-refractivity contribution in [3.63, 3.8) is 0 Å². The van der Waals surface area contributed by atoms with Crippen LogP contribution >= 0.6 is 0 Å². The first-order valence-electron chi connectivity index (χ1n) is 11.6. The van der Waals surface area contributed by atoms with Crippen LogP contribution in [-0.2, 0) is 24.1 Å². The van der Waals surface area contributed by atoms with E-state index in [2.05, 4.69) is 16.3 Å². The van der Waals surface area contributed by atoms with E-state index in [1.165, 1.54) is 0 Å². The molecule has 1 aromatic heterocycles. The van der Waals surface area contributed by atoms with E-state index in [0.717, 1.165) is 53.0 Å². The van der Waals surface area contributed by atoms with Crippen molar-refractivity contribution >= 4 is 17.5 Å². The number of carbonyl (C=O) groups is 1. The number of rotatable bonds is 5. The number of hydrogen-bond donors (Lipinski definition) is 1. The second-order valence-electron chi connectivity index (χ2n) is 8.48. The van der Waals surface area contributed by atoms with E-state index < -0.39 is 0 Å². The minimum absolute atomic E-state index is 0.106. The Hall–Kier alpha value is -3.65. The van der Waals surface area contributed by atoms with Crippen molar-refractivity contribution in [1.82, 2.24) is 14.9 Å². The van der Waals surface area contributed by atoms with E-state index in [1.54, 1.807) is 7.11 Å². The molecule has 2 aromatic carbocycles. The molecule has 2 aliphatic rings. The number of aromatic nitrogens is 2. The second kappa shape index (κ2) is 10.1. The van der Waals surface area contributed by atoms with Gasteiger partial charge in [0.2, 0.25) is 0 Å². The number of nitrogens with zero attached hydrogens (tertiary/aromatic N) is 4. The van der Waals surface area contributed by atoms with Gasteiger partial charge in [-0.25, -0.2) is 14.8 Å². The normalized spacial score (nSPS) is 15.6. The van der Waals surface area contributed by atoms with Crippen molar-refractivity contribution in [2.75, 3.05) is 50.2 Å². The third-order valence-corrected chi connectivity index (χ3v) is 6.20. The van der Waals surface area contributed by atoms with Crippen LogP contribution in [0.25, 0.3) is 0 Å². The average molecular weight is 460 g/mol. The van der Waals surface area contributed by atoms with Gasteiger partial charge in [-0.3, -0.25) is 0 Å². The maximum atomic E-state index is 13.0. The summed E-state index contributed by atoms with van der Waals surface area (Å²) in [6, 6.07) is 17.4. The molecule has 1 N–H and O–H groups in total. The summed E-state index contributed by atoms with van der Waals surface area (Å²) in [6.07, 6.45) is 1.32. The molecule has 0 radical (unpaired) electrons. The lowest BCUT2D eigenvalue weighted by molar-refractivity contribution is 0.122. The highest BCUT2D eigenvalue weighted by Crippen LogP contribution is 2.29. The largest absolute Gasteiger partial charge is 0.497 e. The number of ether oxygens (including phenoxy) is 2. The van der Waals surface area contributed by atoms with E-state index in [1.807, 2.05) is 53.4 Å². The summed E-state index contributed by atoms with van der Waals surface area (Å²) in [4.78, 5) is 27.0. The van der Waals surface area contributed by atoms with Crippen molar-refractivity contribution < 1.29 is 14.3 Å². The zero-order chi connectivity index (χ0) is 23.3. The zero-order valence-electron chi connectivity index (χ0n) is 19.4. The molecule has 1 saturated heterocycles. The molecule has 0 atom stereocenters. The summed E-state index contributed by atoms with van der Waals surface area (Å²) in [5, 5.41) is 3.00. The van der Waals surface area contributed by atoms with Crippen LogP contribution < -0.4 is 15.0 Å². The monoisotopic (exact) mass is 459 g/mol. The highest BCUT2D eigenvalue weighted by Gasteiger charge is 2.28. The molecule has 3 heterocycles. The van der Waals surface area contributed by atoms with Gasteiger partial charge < -0.3 is 24.6 Å². The van der Waals surface area contributed by atoms with Crippen LogP contribution in [0, 0.1) is 0 Å². The smallest absolute Gasteiger partial charge is 0.322 e. The highest BCUT2D eigenvalue weighted by atomic mass is 16.5. The first-order chi connectivity index (χ1) is 16.7. The Kier molecular flexibility index (Phi) is 6.58. The number of nitrogens with one attached hydrogen (secondary N) is 1. The SMILES string of the molecule is COc1cccc(Cc2nc3c(c(N4CCOCC4)n2)CN(C(=O)Nc2ccccc2)CC3)c1. The summed E-state index contributed by atoms with van der Waals surface area (Å²) in [5.74, 6) is 2.53. The third-order valence-electron chi connectivity index (χ3n) is 6.20. The van der Waals surface area contributed by atoms with Gasteiger partial charge >= 0.3 is 6.03 Å². The van der Waals surface area contributed by atoms with Crippen LogP contribution in [0.1, 0.15) is 22.6 Å². The summed E-state index contributed by atoms with van der Waals surface area (Å²) < 4.78 is 10.9. The molecule has 34 heavy (non-hydrogen) atoms. The number of amides is 2. The summed E-state index contributed by atoms with van der Waals surface area (Å²) >= 11 is 0. The minimum atomic E-state index is -0.106. The maximum Gasteiger partial charge on any atom is 0.322 e. The molecule has 2 amide bonds. The lowest BCUT2D eigenvalue weighted by Gasteiger charge is -2.34. The van der Waals surface area contributed by atoms with E-state index in [9.17, 15) is 4.79 Å². The molecule has 0 spiro atoms. The lowest BCUT2D eigenvalue weighted by atomic mass is 10.0. The predicted molar refractivity (Wildman–Crippen MR) is 130 cm³/mol. The van der Waals surface area contributed by atoms with Crippen LogP contribution in [0.5, 0.6) is 5.75 Å². The standard InChI is InChI=1S/C26H29N5O3/c1-33-21-9-5-6-19(16-21)17-24-28-23-10-11-31(26(32)27-20-7-3-2-4-8-20)18-22(23)25(29-24)30-12-14-34-15-13-30/h2-9,16H,10-15,17-18H2,1H3,(H,27,32). The van der Waals surface area contributed by atoms with Gasteiger partial charge in [-0.15, -0.1) is 0 Å². The molecule has 0 bridgehead atoms. The summed E-state index contributed by atoms with van der Waals surface area (Å²) in [7, 11) is 1.67. The van der Waals surface area contributed by atoms with Crippen LogP contribution in [0.15, 0.2) is 54.6 Å². The number of fused-ring (bicyclic) bond motifs is 1. The molecule has 3 aromatic rings. The Morgan fingerprint density at radius 2 is 1.88 bits per heavy atom. The highest BCUT2D eigenvalue weighted by molar-refractivity contribution is 5.89. The lowest BCUT2D eigenvalue weighted by Crippen LogP contribution is -2.42. The van der Waals surface area contributed by atoms with Gasteiger partial charge in [0.05, 0.1) is 32.6 Å². The molecule has 1 fully saturated rings. The molecular weight excluding hydrogens is 430 g/mol. The van der Waals surface area contributed by atoms with Gasteiger partial charge in [0.15, 0.2) is 0 Å². The number of urea groups is 1. The van der Waals surface area contributed by atoms with Gasteiger partial charge in [0.1, 0.15) is 17.4 Å². The summed E-state index contributed by atoms with van der Waals surface area (Å²) in [6.45, 7) is 3.99. The molecule has 0 unspecified atom stereocenters. The Balaban J connectivity index is 1.42. The van der Waals surface area contributed by atoms with Crippen molar-refractivity contribution in [3.05, 3.63) is 77.2 Å². The Morgan fingerprint density at radius 1 is 1.06 bits per heavy atom. The van der Waals surface area contributed by atoms with Crippen molar-refractivity contribution in [2.45, 2.75) is 19.4 Å². The Labute approximate surface area is 199 Å². The van der Waals surface area contributed by atoms with E-state index in [-0.39, 0.29) is 6.03 Å². The van der Waals surface area contributed by atoms with Gasteiger partial charge in [0.25, 0.3) is 0 Å². The second-order valence-corrected chi connectivity index (χ2v) is 8.48. The van der Waals surface area contributed by atoms with Crippen LogP contribution in [0.4, 0.5) is 16.3 Å². The van der Waals surface area contributed by atoms with Gasteiger partial charge in [-0.1, -0.05) is 30.3 Å². The molecule has 8 nitrogen and oxygen atoms in total. The van der Waals surface area contributed by atoms with E-state index in [4.69, 9.17) is 19.4 Å². The maximum absolute atomic E-state index is 13.0. The number of methoxy groups -OCH3 is 1. The number of benzene rings is 2. The van der Waals surface area contributed by atoms with Crippen molar-refractivity contribution in [2.24, 2.45) is 0 Å². The zero-order valence-corrected chi connectivity index (χ0v) is 19.4. The first kappa shape index (κ1) is 22.2. The quantitative estimate of drug-likeness (QED) is 0.629. The summed E-state index contributed by atoms with van der Waals surface area (Å²) in [5.41, 5.74) is 3.95. The molecular formula is C26H29N5O3. The molecule has 0 saturated carbocycles. The molecule has 2 aliphatic heterocycles. The fourth-order valence-corrected chi connectivity index (χ4v) is 4.42. The molecule has 176 valence electrons. The van der Waals surface area contributed by atoms with Crippen LogP contribution in [0.2, 0.25) is 0 Å². The number of hydrogen-bond acceptors (Lipinski definition) is 6. The van der Waals surface area contributed by atoms with Crippen LogP contribution in [-0.4, -0.2) is 60.9 Å². The van der Waals surface area contributed by atoms with E-state index in [0.29, 0.717) is 39.1 Å². The average Bonchev–Trinajstić information content (AvgIpc) is 2.89. The number of morpholine rings is 1. The van der Waals surface area contributed by atoms with Crippen molar-refractivity contribution in [1.29, 1.82) is 0 Å². The topological polar surface area (TPSA) is 79.8 Å². The third kappa shape index (κ3) is 4.97. The van der Waals surface area contributed by atoms with Crippen LogP contribution in [0.3, 0.4) is 0 Å². The predicted octanol–water partition coefficient (Wildman–Crippen LogP) is 3.50. The minimum Gasteiger partial charge on any atom is -0.497 e. The number of anilines is 2. The Morgan fingerprint density at radius 3 is 2.68 bits per heavy atom. The fourth-order valence-electron chi connectivity index (χ4n) is 4.42. The Bertz CT molecular complexity index is 1150. The van der Waals surface area contributed by atoms with Crippen molar-refractivity contribution in [3.8, 4) is 5.75 Å². The van der Waals surface area contributed by atoms with Gasteiger partial charge in [-0.2, -0.15) is 0 Å². The van der Waals surface area contributed by atoms with E-state index >= 15 is 0 Å². The van der Waals surface area contributed by atoms with Gasteiger partial charge in [-0.05, 0) is 29.8 Å². The number of carbonyl (C=O) groups excluding carboxylic acids is 1.